The zero-order valence-corrected chi connectivity index (χ0v) is 51.5. The summed E-state index contributed by atoms with van der Waals surface area (Å²) < 4.78 is 2.86. The van der Waals surface area contributed by atoms with Crippen molar-refractivity contribution in [2.24, 2.45) is 0 Å². The van der Waals surface area contributed by atoms with Gasteiger partial charge in [-0.05, 0) is 218 Å². The van der Waals surface area contributed by atoms with E-state index >= 15 is 0 Å². The smallest absolute Gasteiger partial charge is 0.264 e. The molecule has 2 aliphatic heterocycles. The molecule has 0 fully saturated rings. The van der Waals surface area contributed by atoms with Crippen LogP contribution in [-0.2, 0) is 37.9 Å². The van der Waals surface area contributed by atoms with E-state index in [1.54, 1.807) is 0 Å². The summed E-state index contributed by atoms with van der Waals surface area (Å²) in [6.45, 7) is 41.5. The first-order chi connectivity index (χ1) is 37.1. The molecule has 5 heteroatoms. The minimum atomic E-state index is -0.00893. The number of hydrogen-bond donors (Lipinski definition) is 0. The maximum atomic E-state index is 2.78. The molecule has 1 aromatic heterocycles. The van der Waals surface area contributed by atoms with Crippen LogP contribution in [0.4, 0.5) is 51.2 Å². The van der Waals surface area contributed by atoms with E-state index in [0.717, 1.165) is 24.9 Å². The highest BCUT2D eigenvalue weighted by atomic mass is 32.1. The highest BCUT2D eigenvalue weighted by Gasteiger charge is 2.50. The molecule has 13 rings (SSSR count). The molecule has 0 saturated carbocycles. The van der Waals surface area contributed by atoms with E-state index in [1.807, 2.05) is 0 Å². The highest BCUT2D eigenvalue weighted by Crippen LogP contribution is 2.57. The Morgan fingerprint density at radius 3 is 1.44 bits per heavy atom. The summed E-state index contributed by atoms with van der Waals surface area (Å²) in [5.74, 6) is 0. The second kappa shape index (κ2) is 17.2. The molecule has 0 amide bonds. The first-order valence-corrected chi connectivity index (χ1v) is 30.7. The lowest BCUT2D eigenvalue weighted by Crippen LogP contribution is -2.61. The van der Waals surface area contributed by atoms with Crippen LogP contribution in [0.2, 0.25) is 0 Å². The highest BCUT2D eigenvalue weighted by molar-refractivity contribution is 7.33. The number of fused-ring (bicyclic) bond motifs is 9. The Kier molecular flexibility index (Phi) is 11.4. The third-order valence-electron chi connectivity index (χ3n) is 20.6. The fraction of sp³-hybridized carbons (Fsp3) is 0.405. The molecular formula is C74H84BN3S. The molecule has 3 aliphatic carbocycles. The SMILES string of the molecule is Cc1ccccc1N(c1cc2c3c(c1)N(c1ccc4c(c1)C(C)(C)CCC4(C)C)c1c(sc4cc5c(cc14)C(C)(C)CCC5(C)C)B3c1cc3c(cc1N2c1ccc(C(C)(C)C)cc1)C(C)(C)CCC3(C)C)c1ccccc1C. The van der Waals surface area contributed by atoms with Crippen LogP contribution in [0.15, 0.2) is 127 Å². The molecule has 0 bridgehead atoms. The number of thiophene rings is 1. The van der Waals surface area contributed by atoms with Crippen LogP contribution in [0.1, 0.15) is 192 Å². The van der Waals surface area contributed by atoms with Crippen LogP contribution >= 0.6 is 11.3 Å². The predicted molar refractivity (Wildman–Crippen MR) is 345 cm³/mol. The van der Waals surface area contributed by atoms with Crippen LogP contribution < -0.4 is 30.4 Å². The van der Waals surface area contributed by atoms with Crippen molar-refractivity contribution in [3.8, 4) is 0 Å². The Labute approximate surface area is 478 Å². The standard InChI is InChI=1S/C74H84BN3S/c1-45-22-18-20-24-59(45)77(60-25-21-19-23-46(60)2)50-39-62-65-63(40-50)78(49-30-31-52-53(38-49)70(8,9)33-32-69(52,6)7)66-51-41-54-57(74(16,17)37-34-71(54,10)11)44-64(51)79-67(66)75(65)58-42-55-56(73(14,15)36-35-72(55,12)13)43-61(58)76(62)48-28-26-47(27-29-48)68(3,4)5/h18-31,38-44H,32-37H2,1-17H3. The number of nitrogens with zero attached hydrogens (tertiary/aromatic N) is 3. The summed E-state index contributed by atoms with van der Waals surface area (Å²) in [6.07, 6.45) is 7.02. The lowest BCUT2D eigenvalue weighted by Gasteiger charge is -2.47. The van der Waals surface area contributed by atoms with Gasteiger partial charge in [-0.2, -0.15) is 0 Å². The van der Waals surface area contributed by atoms with E-state index in [-0.39, 0.29) is 44.6 Å². The molecule has 3 nitrogen and oxygen atoms in total. The molecule has 0 atom stereocenters. The molecule has 8 aromatic rings. The summed E-state index contributed by atoms with van der Waals surface area (Å²) in [5.41, 5.74) is 27.1. The number of benzene rings is 7. The van der Waals surface area contributed by atoms with E-state index in [4.69, 9.17) is 0 Å². The van der Waals surface area contributed by atoms with E-state index in [1.165, 1.54) is 141 Å². The average molecular weight is 1060 g/mol. The third kappa shape index (κ3) is 7.99. The molecule has 0 spiro atoms. The lowest BCUT2D eigenvalue weighted by molar-refractivity contribution is 0.332. The van der Waals surface area contributed by atoms with Crippen LogP contribution in [-0.4, -0.2) is 6.71 Å². The van der Waals surface area contributed by atoms with Gasteiger partial charge in [-0.25, -0.2) is 0 Å². The molecule has 404 valence electrons. The van der Waals surface area contributed by atoms with Crippen molar-refractivity contribution in [2.75, 3.05) is 14.7 Å². The van der Waals surface area contributed by atoms with Gasteiger partial charge < -0.3 is 14.7 Å². The van der Waals surface area contributed by atoms with E-state index in [9.17, 15) is 0 Å². The molecule has 7 aromatic carbocycles. The van der Waals surface area contributed by atoms with Gasteiger partial charge in [-0.1, -0.05) is 165 Å². The van der Waals surface area contributed by atoms with E-state index in [2.05, 4.69) is 271 Å². The fourth-order valence-corrected chi connectivity index (χ4v) is 16.5. The van der Waals surface area contributed by atoms with Crippen molar-refractivity contribution in [2.45, 2.75) is 194 Å². The van der Waals surface area contributed by atoms with Crippen LogP contribution in [0.3, 0.4) is 0 Å². The molecule has 0 unspecified atom stereocenters. The summed E-state index contributed by atoms with van der Waals surface area (Å²) in [6, 6.07) is 51.2. The maximum Gasteiger partial charge on any atom is 0.264 e. The van der Waals surface area contributed by atoms with Crippen molar-refractivity contribution in [1.29, 1.82) is 0 Å². The summed E-state index contributed by atoms with van der Waals surface area (Å²) in [7, 11) is 0. The molecule has 79 heavy (non-hydrogen) atoms. The predicted octanol–water partition coefficient (Wildman–Crippen LogP) is 19.4. The van der Waals surface area contributed by atoms with Gasteiger partial charge in [0.2, 0.25) is 0 Å². The van der Waals surface area contributed by atoms with Gasteiger partial charge in [-0.15, -0.1) is 11.3 Å². The first-order valence-electron chi connectivity index (χ1n) is 29.8. The summed E-state index contributed by atoms with van der Waals surface area (Å²) >= 11 is 2.08. The Morgan fingerprint density at radius 1 is 0.456 bits per heavy atom. The van der Waals surface area contributed by atoms with Crippen molar-refractivity contribution in [1.82, 2.24) is 0 Å². The largest absolute Gasteiger partial charge is 0.311 e. The van der Waals surface area contributed by atoms with Gasteiger partial charge in [0.1, 0.15) is 0 Å². The monoisotopic (exact) mass is 1060 g/mol. The second-order valence-electron chi connectivity index (χ2n) is 29.9. The molecule has 3 heterocycles. The van der Waals surface area contributed by atoms with Gasteiger partial charge in [0, 0.05) is 54.7 Å². The summed E-state index contributed by atoms with van der Waals surface area (Å²) in [4.78, 5) is 8.05. The Balaban J connectivity index is 1.22. The summed E-state index contributed by atoms with van der Waals surface area (Å²) in [5, 5.41) is 1.38. The van der Waals surface area contributed by atoms with Gasteiger partial charge in [0.25, 0.3) is 6.71 Å². The lowest BCUT2D eigenvalue weighted by atomic mass is 9.35. The van der Waals surface area contributed by atoms with Gasteiger partial charge >= 0.3 is 0 Å². The van der Waals surface area contributed by atoms with Crippen molar-refractivity contribution in [3.05, 3.63) is 177 Å². The quantitative estimate of drug-likeness (QED) is 0.159. The Bertz CT molecular complexity index is 3790. The number of rotatable bonds is 5. The zero-order chi connectivity index (χ0) is 55.9. The van der Waals surface area contributed by atoms with Crippen LogP contribution in [0.5, 0.6) is 0 Å². The minimum Gasteiger partial charge on any atom is -0.311 e. The number of para-hydroxylation sites is 2. The maximum absolute atomic E-state index is 2.78. The normalized spacial score (nSPS) is 19.4. The molecular weight excluding hydrogens is 974 g/mol. The fourth-order valence-electron chi connectivity index (χ4n) is 15.1. The van der Waals surface area contributed by atoms with Gasteiger partial charge in [-0.3, -0.25) is 0 Å². The van der Waals surface area contributed by atoms with Crippen LogP contribution in [0, 0.1) is 13.8 Å². The second-order valence-corrected chi connectivity index (χ2v) is 31.0. The number of anilines is 9. The number of aryl methyl sites for hydroxylation is 2. The minimum absolute atomic E-state index is 0.00893. The number of hydrogen-bond acceptors (Lipinski definition) is 4. The van der Waals surface area contributed by atoms with Crippen molar-refractivity contribution in [3.63, 3.8) is 0 Å². The molecule has 0 N–H and O–H groups in total. The first kappa shape index (κ1) is 52.3. The molecule has 5 aliphatic rings. The molecule has 0 saturated heterocycles. The zero-order valence-electron chi connectivity index (χ0n) is 50.7. The Morgan fingerprint density at radius 2 is 0.911 bits per heavy atom. The molecule has 0 radical (unpaired) electrons. The average Bonchev–Trinajstić information content (AvgIpc) is 3.78. The van der Waals surface area contributed by atoms with Gasteiger partial charge in [0.05, 0.1) is 11.4 Å². The van der Waals surface area contributed by atoms with Crippen molar-refractivity contribution < 1.29 is 0 Å². The van der Waals surface area contributed by atoms with E-state index < -0.39 is 0 Å². The topological polar surface area (TPSA) is 9.72 Å². The van der Waals surface area contributed by atoms with Crippen LogP contribution in [0.25, 0.3) is 10.1 Å². The Hall–Kier alpha value is -6.04. The third-order valence-corrected chi connectivity index (χ3v) is 21.9. The van der Waals surface area contributed by atoms with E-state index in [0.29, 0.717) is 0 Å². The van der Waals surface area contributed by atoms with Gasteiger partial charge in [0.15, 0.2) is 0 Å². The van der Waals surface area contributed by atoms with Crippen molar-refractivity contribution >= 4 is 95.0 Å².